The number of hydrogen-bond acceptors (Lipinski definition) is 2. The van der Waals surface area contributed by atoms with Crippen LogP contribution in [0.4, 0.5) is 13.2 Å². The van der Waals surface area contributed by atoms with Gasteiger partial charge in [-0.15, -0.1) is 10.2 Å². The van der Waals surface area contributed by atoms with Crippen molar-refractivity contribution in [3.8, 4) is 11.4 Å². The molecule has 0 N–H and O–H groups in total. The van der Waals surface area contributed by atoms with Crippen LogP contribution < -0.4 is 0 Å². The molecule has 6 heteroatoms. The summed E-state index contributed by atoms with van der Waals surface area (Å²) >= 11 is 0. The van der Waals surface area contributed by atoms with E-state index in [4.69, 9.17) is 0 Å². The molecule has 0 spiro atoms. The summed E-state index contributed by atoms with van der Waals surface area (Å²) < 4.78 is 41.1. The smallest absolute Gasteiger partial charge is 0.311 e. The Balaban J connectivity index is 2.16. The number of benzene rings is 1. The molecule has 1 aliphatic heterocycles. The van der Waals surface area contributed by atoms with Crippen LogP contribution in [-0.2, 0) is 12.7 Å². The van der Waals surface area contributed by atoms with Crippen LogP contribution in [0, 0.1) is 0 Å². The predicted molar refractivity (Wildman–Crippen MR) is 68.1 cm³/mol. The van der Waals surface area contributed by atoms with Gasteiger partial charge in [-0.1, -0.05) is 25.1 Å². The standard InChI is InChI=1S/C14H14F3N3/c1-9-5-4-8-20-12(9)18-19-13(20)10-6-2-3-7-11(10)14(15,16)17/h2-3,6-7,9H,4-5,8H2,1H3. The van der Waals surface area contributed by atoms with E-state index < -0.39 is 11.7 Å². The third-order valence-corrected chi connectivity index (χ3v) is 3.71. The van der Waals surface area contributed by atoms with Gasteiger partial charge in [-0.05, 0) is 18.9 Å². The summed E-state index contributed by atoms with van der Waals surface area (Å²) in [5, 5.41) is 8.09. The monoisotopic (exact) mass is 281 g/mol. The molecule has 1 aromatic carbocycles. The maximum absolute atomic E-state index is 13.1. The van der Waals surface area contributed by atoms with E-state index >= 15 is 0 Å². The van der Waals surface area contributed by atoms with Gasteiger partial charge >= 0.3 is 6.18 Å². The minimum Gasteiger partial charge on any atom is -0.311 e. The van der Waals surface area contributed by atoms with Crippen LogP contribution in [0.25, 0.3) is 11.4 Å². The van der Waals surface area contributed by atoms with Crippen molar-refractivity contribution in [1.29, 1.82) is 0 Å². The van der Waals surface area contributed by atoms with E-state index in [1.807, 2.05) is 11.5 Å². The van der Waals surface area contributed by atoms with Gasteiger partial charge in [0.2, 0.25) is 0 Å². The van der Waals surface area contributed by atoms with E-state index in [0.717, 1.165) is 24.7 Å². The van der Waals surface area contributed by atoms with E-state index in [1.54, 1.807) is 6.07 Å². The second-order valence-electron chi connectivity index (χ2n) is 5.12. The lowest BCUT2D eigenvalue weighted by molar-refractivity contribution is -0.137. The highest BCUT2D eigenvalue weighted by Crippen LogP contribution is 2.38. The summed E-state index contributed by atoms with van der Waals surface area (Å²) in [4.78, 5) is 0. The molecule has 0 amide bonds. The van der Waals surface area contributed by atoms with Gasteiger partial charge < -0.3 is 4.57 Å². The van der Waals surface area contributed by atoms with Gasteiger partial charge in [0.05, 0.1) is 5.56 Å². The molecule has 0 saturated carbocycles. The fourth-order valence-corrected chi connectivity index (χ4v) is 2.71. The number of halogens is 3. The Hall–Kier alpha value is -1.85. The van der Waals surface area contributed by atoms with Gasteiger partial charge in [0, 0.05) is 18.0 Å². The molecule has 0 fully saturated rings. The number of alkyl halides is 3. The quantitative estimate of drug-likeness (QED) is 0.794. The van der Waals surface area contributed by atoms with Gasteiger partial charge in [-0.25, -0.2) is 0 Å². The maximum Gasteiger partial charge on any atom is 0.417 e. The van der Waals surface area contributed by atoms with Gasteiger partial charge in [0.15, 0.2) is 5.82 Å². The third-order valence-electron chi connectivity index (χ3n) is 3.71. The van der Waals surface area contributed by atoms with Crippen LogP contribution in [0.3, 0.4) is 0 Å². The first-order chi connectivity index (χ1) is 9.48. The van der Waals surface area contributed by atoms with Crippen molar-refractivity contribution < 1.29 is 13.2 Å². The highest BCUT2D eigenvalue weighted by molar-refractivity contribution is 5.61. The van der Waals surface area contributed by atoms with Crippen molar-refractivity contribution in [2.45, 2.75) is 38.4 Å². The molecule has 3 nitrogen and oxygen atoms in total. The predicted octanol–water partition coefficient (Wildman–Crippen LogP) is 3.86. The summed E-state index contributed by atoms with van der Waals surface area (Å²) in [6, 6.07) is 5.53. The first kappa shape index (κ1) is 13.1. The fourth-order valence-electron chi connectivity index (χ4n) is 2.71. The van der Waals surface area contributed by atoms with E-state index in [9.17, 15) is 13.2 Å². The molecule has 0 bridgehead atoms. The molecule has 106 valence electrons. The summed E-state index contributed by atoms with van der Waals surface area (Å²) in [6.45, 7) is 2.70. The maximum atomic E-state index is 13.1. The second-order valence-corrected chi connectivity index (χ2v) is 5.12. The van der Waals surface area contributed by atoms with Crippen molar-refractivity contribution >= 4 is 0 Å². The largest absolute Gasteiger partial charge is 0.417 e. The van der Waals surface area contributed by atoms with Crippen LogP contribution >= 0.6 is 0 Å². The highest BCUT2D eigenvalue weighted by atomic mass is 19.4. The number of aromatic nitrogens is 3. The first-order valence-electron chi connectivity index (χ1n) is 6.58. The molecule has 1 aromatic heterocycles. The average Bonchev–Trinajstić information content (AvgIpc) is 2.83. The zero-order valence-electron chi connectivity index (χ0n) is 11.0. The van der Waals surface area contributed by atoms with Crippen molar-refractivity contribution in [2.24, 2.45) is 0 Å². The number of rotatable bonds is 1. The van der Waals surface area contributed by atoms with Crippen LogP contribution in [0.1, 0.15) is 37.1 Å². The Kier molecular flexibility index (Phi) is 3.03. The Bertz CT molecular complexity index is 631. The lowest BCUT2D eigenvalue weighted by Gasteiger charge is -2.21. The molecular weight excluding hydrogens is 267 g/mol. The molecule has 0 radical (unpaired) electrons. The Morgan fingerprint density at radius 3 is 2.70 bits per heavy atom. The molecule has 0 saturated heterocycles. The molecule has 20 heavy (non-hydrogen) atoms. The van der Waals surface area contributed by atoms with Crippen LogP contribution in [0.5, 0.6) is 0 Å². The minimum absolute atomic E-state index is 0.104. The Morgan fingerprint density at radius 1 is 1.20 bits per heavy atom. The van der Waals surface area contributed by atoms with Crippen LogP contribution in [0.2, 0.25) is 0 Å². The van der Waals surface area contributed by atoms with Gasteiger partial charge in [0.25, 0.3) is 0 Å². The van der Waals surface area contributed by atoms with Crippen molar-refractivity contribution in [3.05, 3.63) is 35.7 Å². The summed E-state index contributed by atoms with van der Waals surface area (Å²) in [7, 11) is 0. The fraction of sp³-hybridized carbons (Fsp3) is 0.429. The zero-order chi connectivity index (χ0) is 14.3. The summed E-state index contributed by atoms with van der Waals surface area (Å²) in [5.41, 5.74) is -0.554. The van der Waals surface area contributed by atoms with E-state index in [0.29, 0.717) is 12.4 Å². The zero-order valence-corrected chi connectivity index (χ0v) is 11.0. The number of nitrogens with zero attached hydrogens (tertiary/aromatic N) is 3. The van der Waals surface area contributed by atoms with Crippen LogP contribution in [-0.4, -0.2) is 14.8 Å². The molecule has 2 aromatic rings. The molecular formula is C14H14F3N3. The number of fused-ring (bicyclic) bond motifs is 1. The Labute approximate surface area is 114 Å². The lowest BCUT2D eigenvalue weighted by Crippen LogP contribution is -2.16. The summed E-state index contributed by atoms with van der Waals surface area (Å²) in [6.07, 6.45) is -2.45. The molecule has 1 atom stereocenters. The van der Waals surface area contributed by atoms with Gasteiger partial charge in [-0.3, -0.25) is 0 Å². The Morgan fingerprint density at radius 2 is 1.95 bits per heavy atom. The molecule has 0 aliphatic carbocycles. The topological polar surface area (TPSA) is 30.7 Å². The van der Waals surface area contributed by atoms with Crippen LogP contribution in [0.15, 0.2) is 24.3 Å². The SMILES string of the molecule is CC1CCCn2c(-c3ccccc3C(F)(F)F)nnc21. The van der Waals surface area contributed by atoms with Crippen molar-refractivity contribution in [1.82, 2.24) is 14.8 Å². The minimum atomic E-state index is -4.39. The second kappa shape index (κ2) is 4.61. The van der Waals surface area contributed by atoms with Crippen molar-refractivity contribution in [2.75, 3.05) is 0 Å². The molecule has 2 heterocycles. The van der Waals surface area contributed by atoms with Gasteiger partial charge in [0.1, 0.15) is 5.82 Å². The molecule has 1 unspecified atom stereocenters. The van der Waals surface area contributed by atoms with E-state index in [-0.39, 0.29) is 11.5 Å². The van der Waals surface area contributed by atoms with Gasteiger partial charge in [-0.2, -0.15) is 13.2 Å². The lowest BCUT2D eigenvalue weighted by atomic mass is 10.0. The average molecular weight is 281 g/mol. The van der Waals surface area contributed by atoms with E-state index in [2.05, 4.69) is 10.2 Å². The highest BCUT2D eigenvalue weighted by Gasteiger charge is 2.35. The first-order valence-corrected chi connectivity index (χ1v) is 6.58. The molecule has 1 aliphatic rings. The third kappa shape index (κ3) is 2.09. The molecule has 3 rings (SSSR count). The number of hydrogen-bond donors (Lipinski definition) is 0. The normalized spacial score (nSPS) is 18.9. The van der Waals surface area contributed by atoms with Crippen molar-refractivity contribution in [3.63, 3.8) is 0 Å². The summed E-state index contributed by atoms with van der Waals surface area (Å²) in [5.74, 6) is 1.34. The van der Waals surface area contributed by atoms with E-state index in [1.165, 1.54) is 12.1 Å².